The molecule has 0 unspecified atom stereocenters. The summed E-state index contributed by atoms with van der Waals surface area (Å²) in [5.41, 5.74) is 0. The molecule has 4 heteroatoms. The van der Waals surface area contributed by atoms with Gasteiger partial charge in [0.15, 0.2) is 0 Å². The highest BCUT2D eigenvalue weighted by Crippen LogP contribution is 2.18. The largest absolute Gasteiger partial charge is 0.286 e. The molecule has 0 spiro atoms. The van der Waals surface area contributed by atoms with Crippen LogP contribution in [-0.2, 0) is 0 Å². The summed E-state index contributed by atoms with van der Waals surface area (Å²) in [6, 6.07) is 0. The average molecular weight is 140 g/mol. The van der Waals surface area contributed by atoms with E-state index in [9.17, 15) is 0 Å². The SMILES string of the molecule is C1C2NC3CC(N2)NC1N3. The van der Waals surface area contributed by atoms with Gasteiger partial charge in [-0.05, 0) is 0 Å². The monoisotopic (exact) mass is 140 g/mol. The molecule has 0 aliphatic carbocycles. The molecule has 4 saturated heterocycles. The first kappa shape index (κ1) is 5.49. The zero-order valence-corrected chi connectivity index (χ0v) is 5.72. The summed E-state index contributed by atoms with van der Waals surface area (Å²) >= 11 is 0. The lowest BCUT2D eigenvalue weighted by Gasteiger charge is -2.52. The van der Waals surface area contributed by atoms with Crippen molar-refractivity contribution in [3.8, 4) is 0 Å². The fraction of sp³-hybridized carbons (Fsp3) is 1.00. The molecule has 10 heavy (non-hydrogen) atoms. The van der Waals surface area contributed by atoms with Crippen LogP contribution in [0.25, 0.3) is 0 Å². The lowest BCUT2D eigenvalue weighted by molar-refractivity contribution is 0.0433. The van der Waals surface area contributed by atoms with E-state index in [0.29, 0.717) is 24.7 Å². The summed E-state index contributed by atoms with van der Waals surface area (Å²) in [7, 11) is 0. The molecule has 0 atom stereocenters. The van der Waals surface area contributed by atoms with Gasteiger partial charge in [0.2, 0.25) is 0 Å². The highest BCUT2D eigenvalue weighted by molar-refractivity contribution is 4.98. The van der Waals surface area contributed by atoms with Gasteiger partial charge < -0.3 is 0 Å². The fourth-order valence-electron chi connectivity index (χ4n) is 2.18. The Morgan fingerprint density at radius 3 is 1.20 bits per heavy atom. The van der Waals surface area contributed by atoms with Crippen LogP contribution in [-0.4, -0.2) is 24.7 Å². The number of rotatable bonds is 0. The third kappa shape index (κ3) is 0.645. The van der Waals surface area contributed by atoms with Gasteiger partial charge in [0.25, 0.3) is 0 Å². The standard InChI is InChI=1S/C6H12N4/c1-3-7-5-2-6(8-3)10-4(1)9-5/h3-10H,1-2H2. The molecule has 0 radical (unpaired) electrons. The van der Waals surface area contributed by atoms with Crippen LogP contribution >= 0.6 is 0 Å². The summed E-state index contributed by atoms with van der Waals surface area (Å²) in [5.74, 6) is 0. The molecular weight excluding hydrogens is 128 g/mol. The molecule has 0 saturated carbocycles. The van der Waals surface area contributed by atoms with Crippen molar-refractivity contribution in [2.24, 2.45) is 0 Å². The van der Waals surface area contributed by atoms with Crippen LogP contribution in [0.1, 0.15) is 12.8 Å². The van der Waals surface area contributed by atoms with Crippen LogP contribution in [0.2, 0.25) is 0 Å². The van der Waals surface area contributed by atoms with Crippen LogP contribution in [0.4, 0.5) is 0 Å². The van der Waals surface area contributed by atoms with E-state index >= 15 is 0 Å². The molecule has 0 amide bonds. The van der Waals surface area contributed by atoms with E-state index in [0.717, 1.165) is 12.8 Å². The van der Waals surface area contributed by atoms with E-state index in [2.05, 4.69) is 21.3 Å². The van der Waals surface area contributed by atoms with Gasteiger partial charge in [-0.1, -0.05) is 0 Å². The second-order valence-electron chi connectivity index (χ2n) is 3.35. The minimum atomic E-state index is 0.552. The average Bonchev–Trinajstić information content (AvgIpc) is 1.82. The number of hydrogen-bond donors (Lipinski definition) is 4. The molecule has 4 nitrogen and oxygen atoms in total. The van der Waals surface area contributed by atoms with Crippen molar-refractivity contribution >= 4 is 0 Å². The van der Waals surface area contributed by atoms with Crippen molar-refractivity contribution in [1.82, 2.24) is 21.3 Å². The Bertz CT molecular complexity index is 101. The van der Waals surface area contributed by atoms with E-state index in [-0.39, 0.29) is 0 Å². The maximum atomic E-state index is 3.45. The summed E-state index contributed by atoms with van der Waals surface area (Å²) in [4.78, 5) is 0. The molecule has 4 heterocycles. The molecule has 0 aromatic rings. The van der Waals surface area contributed by atoms with Crippen LogP contribution in [0.5, 0.6) is 0 Å². The Kier molecular flexibility index (Phi) is 0.936. The van der Waals surface area contributed by atoms with E-state index < -0.39 is 0 Å². The predicted octanol–water partition coefficient (Wildman–Crippen LogP) is -1.53. The highest BCUT2D eigenvalue weighted by atomic mass is 15.4. The Morgan fingerprint density at radius 2 is 0.900 bits per heavy atom. The maximum Gasteiger partial charge on any atom is 0.0623 e. The minimum Gasteiger partial charge on any atom is -0.286 e. The normalized spacial score (nSPS) is 57.6. The fourth-order valence-corrected chi connectivity index (χ4v) is 2.18. The highest BCUT2D eigenvalue weighted by Gasteiger charge is 2.40. The second kappa shape index (κ2) is 1.71. The first-order chi connectivity index (χ1) is 4.90. The van der Waals surface area contributed by atoms with E-state index in [1.165, 1.54) is 0 Å². The third-order valence-electron chi connectivity index (χ3n) is 2.55. The van der Waals surface area contributed by atoms with E-state index in [1.54, 1.807) is 0 Å². The van der Waals surface area contributed by atoms with Gasteiger partial charge in [0.1, 0.15) is 0 Å². The maximum absolute atomic E-state index is 3.45. The Morgan fingerprint density at radius 1 is 0.600 bits per heavy atom. The van der Waals surface area contributed by atoms with Crippen molar-refractivity contribution in [3.63, 3.8) is 0 Å². The second-order valence-corrected chi connectivity index (χ2v) is 3.35. The molecule has 4 N–H and O–H groups in total. The predicted molar refractivity (Wildman–Crippen MR) is 36.9 cm³/mol. The number of nitrogens with one attached hydrogen (secondary N) is 4. The van der Waals surface area contributed by atoms with Gasteiger partial charge >= 0.3 is 0 Å². The molecule has 4 rings (SSSR count). The Labute approximate surface area is 59.7 Å². The summed E-state index contributed by atoms with van der Waals surface area (Å²) in [6.07, 6.45) is 4.53. The lowest BCUT2D eigenvalue weighted by Crippen LogP contribution is -2.80. The van der Waals surface area contributed by atoms with Gasteiger partial charge in [0.05, 0.1) is 24.7 Å². The van der Waals surface area contributed by atoms with E-state index in [4.69, 9.17) is 0 Å². The molecule has 4 fully saturated rings. The minimum absolute atomic E-state index is 0.552. The molecular formula is C6H12N4. The van der Waals surface area contributed by atoms with Gasteiger partial charge in [-0.25, -0.2) is 0 Å². The zero-order valence-electron chi connectivity index (χ0n) is 5.72. The van der Waals surface area contributed by atoms with Gasteiger partial charge in [-0.15, -0.1) is 0 Å². The Hall–Kier alpha value is -0.160. The molecule has 0 aromatic carbocycles. The Balaban J connectivity index is 1.90. The summed E-state index contributed by atoms with van der Waals surface area (Å²) in [5, 5.41) is 13.8. The lowest BCUT2D eigenvalue weighted by atomic mass is 10.0. The van der Waals surface area contributed by atoms with Crippen LogP contribution < -0.4 is 21.3 Å². The van der Waals surface area contributed by atoms with Crippen molar-refractivity contribution < 1.29 is 0 Å². The smallest absolute Gasteiger partial charge is 0.0623 e. The molecule has 0 aromatic heterocycles. The topological polar surface area (TPSA) is 48.1 Å². The first-order valence-corrected chi connectivity index (χ1v) is 3.94. The first-order valence-electron chi connectivity index (χ1n) is 3.94. The molecule has 56 valence electrons. The van der Waals surface area contributed by atoms with Crippen molar-refractivity contribution in [2.75, 3.05) is 0 Å². The van der Waals surface area contributed by atoms with Crippen LogP contribution in [0.3, 0.4) is 0 Å². The molecule has 4 bridgehead atoms. The van der Waals surface area contributed by atoms with Crippen molar-refractivity contribution in [1.29, 1.82) is 0 Å². The van der Waals surface area contributed by atoms with E-state index in [1.807, 2.05) is 0 Å². The summed E-state index contributed by atoms with van der Waals surface area (Å²) < 4.78 is 0. The molecule has 4 aliphatic heterocycles. The number of hydrogen-bond acceptors (Lipinski definition) is 4. The third-order valence-corrected chi connectivity index (χ3v) is 2.55. The van der Waals surface area contributed by atoms with Gasteiger partial charge in [0, 0.05) is 12.8 Å². The van der Waals surface area contributed by atoms with Gasteiger partial charge in [-0.3, -0.25) is 21.3 Å². The van der Waals surface area contributed by atoms with Crippen molar-refractivity contribution in [2.45, 2.75) is 37.5 Å². The quantitative estimate of drug-likeness (QED) is 0.330. The van der Waals surface area contributed by atoms with Crippen LogP contribution in [0, 0.1) is 0 Å². The zero-order chi connectivity index (χ0) is 6.55. The molecule has 4 aliphatic rings. The van der Waals surface area contributed by atoms with Crippen LogP contribution in [0.15, 0.2) is 0 Å². The van der Waals surface area contributed by atoms with Gasteiger partial charge in [-0.2, -0.15) is 0 Å². The summed E-state index contributed by atoms with van der Waals surface area (Å²) in [6.45, 7) is 0. The van der Waals surface area contributed by atoms with Crippen molar-refractivity contribution in [3.05, 3.63) is 0 Å².